The van der Waals surface area contributed by atoms with Gasteiger partial charge in [-0.1, -0.05) is 19.4 Å². The summed E-state index contributed by atoms with van der Waals surface area (Å²) in [6, 6.07) is 0. The number of carbonyl (C=O) groups is 4. The number of carboxylic acid groups (broad SMARTS) is 1. The van der Waals surface area contributed by atoms with E-state index < -0.39 is 48.3 Å². The Hall–Kier alpha value is -2.42. The molecular formula is C18H28O9. The molecule has 9 nitrogen and oxygen atoms in total. The predicted molar refractivity (Wildman–Crippen MR) is 93.6 cm³/mol. The number of carboxylic acids is 1. The highest BCUT2D eigenvalue weighted by atomic mass is 16.6. The monoisotopic (exact) mass is 388 g/mol. The first-order valence-electron chi connectivity index (χ1n) is 8.67. The van der Waals surface area contributed by atoms with E-state index in [1.807, 2.05) is 6.92 Å². The molecule has 0 aliphatic rings. The zero-order chi connectivity index (χ0) is 21.0. The maximum Gasteiger partial charge on any atom is 0.327 e. The summed E-state index contributed by atoms with van der Waals surface area (Å²) < 4.78 is 15.6. The second-order valence-corrected chi connectivity index (χ2v) is 5.98. The third kappa shape index (κ3) is 11.0. The molecule has 4 atom stereocenters. The van der Waals surface area contributed by atoms with Crippen molar-refractivity contribution in [2.24, 2.45) is 0 Å². The number of aliphatic carboxylic acids is 1. The number of ether oxygens (including phenoxy) is 3. The SMILES string of the molecule is CCCCC(OC(C)=O)C(OC(C)=O)C(OC(C)=O)C(O)C/C=C\C(=O)O. The van der Waals surface area contributed by atoms with Gasteiger partial charge >= 0.3 is 23.9 Å². The topological polar surface area (TPSA) is 136 Å². The molecule has 4 unspecified atom stereocenters. The lowest BCUT2D eigenvalue weighted by Gasteiger charge is -2.34. The summed E-state index contributed by atoms with van der Waals surface area (Å²) >= 11 is 0. The first-order chi connectivity index (χ1) is 12.6. The second kappa shape index (κ2) is 12.9. The van der Waals surface area contributed by atoms with E-state index in [0.717, 1.165) is 26.3 Å². The van der Waals surface area contributed by atoms with Crippen molar-refractivity contribution in [3.05, 3.63) is 12.2 Å². The Bertz CT molecular complexity index is 541. The molecule has 0 aromatic heterocycles. The molecule has 9 heteroatoms. The molecule has 154 valence electrons. The minimum absolute atomic E-state index is 0.178. The summed E-state index contributed by atoms with van der Waals surface area (Å²) in [5.41, 5.74) is 0. The summed E-state index contributed by atoms with van der Waals surface area (Å²) in [7, 11) is 0. The first-order valence-corrected chi connectivity index (χ1v) is 8.67. The lowest BCUT2D eigenvalue weighted by Crippen LogP contribution is -2.50. The predicted octanol–water partition coefficient (Wildman–Crippen LogP) is 1.36. The highest BCUT2D eigenvalue weighted by molar-refractivity contribution is 5.79. The van der Waals surface area contributed by atoms with E-state index in [4.69, 9.17) is 19.3 Å². The van der Waals surface area contributed by atoms with Crippen molar-refractivity contribution in [2.45, 2.75) is 77.8 Å². The Morgan fingerprint density at radius 2 is 1.44 bits per heavy atom. The van der Waals surface area contributed by atoms with Gasteiger partial charge in [-0.2, -0.15) is 0 Å². The zero-order valence-corrected chi connectivity index (χ0v) is 16.0. The molecule has 27 heavy (non-hydrogen) atoms. The molecule has 0 amide bonds. The fourth-order valence-corrected chi connectivity index (χ4v) is 2.45. The number of aliphatic hydroxyl groups excluding tert-OH is 1. The van der Waals surface area contributed by atoms with Crippen LogP contribution < -0.4 is 0 Å². The van der Waals surface area contributed by atoms with E-state index in [2.05, 4.69) is 0 Å². The zero-order valence-electron chi connectivity index (χ0n) is 16.0. The van der Waals surface area contributed by atoms with E-state index in [0.29, 0.717) is 12.8 Å². The average molecular weight is 388 g/mol. The van der Waals surface area contributed by atoms with Crippen LogP contribution in [-0.2, 0) is 33.4 Å². The highest BCUT2D eigenvalue weighted by Gasteiger charge is 2.40. The van der Waals surface area contributed by atoms with E-state index in [-0.39, 0.29) is 6.42 Å². The van der Waals surface area contributed by atoms with Gasteiger partial charge in [0.1, 0.15) is 6.10 Å². The van der Waals surface area contributed by atoms with Crippen LogP contribution in [0.3, 0.4) is 0 Å². The third-order valence-electron chi connectivity index (χ3n) is 3.47. The van der Waals surface area contributed by atoms with Crippen molar-refractivity contribution < 1.29 is 43.6 Å². The van der Waals surface area contributed by atoms with E-state index in [9.17, 15) is 24.3 Å². The average Bonchev–Trinajstić information content (AvgIpc) is 2.53. The van der Waals surface area contributed by atoms with Crippen molar-refractivity contribution in [2.75, 3.05) is 0 Å². The van der Waals surface area contributed by atoms with Gasteiger partial charge in [-0.05, 0) is 19.3 Å². The maximum atomic E-state index is 11.6. The standard InChI is InChI=1S/C18H28O9/c1-5-6-9-15(25-11(2)19)18(27-13(4)21)17(26-12(3)20)14(22)8-7-10-16(23)24/h7,10,14-15,17-18,22H,5-6,8-9H2,1-4H3,(H,23,24)/b10-7-. The largest absolute Gasteiger partial charge is 0.478 e. The number of hydrogen-bond donors (Lipinski definition) is 2. The van der Waals surface area contributed by atoms with Crippen LogP contribution in [0.5, 0.6) is 0 Å². The van der Waals surface area contributed by atoms with Gasteiger partial charge < -0.3 is 24.4 Å². The van der Waals surface area contributed by atoms with Gasteiger partial charge in [0.25, 0.3) is 0 Å². The summed E-state index contributed by atoms with van der Waals surface area (Å²) in [4.78, 5) is 45.1. The molecule has 0 bridgehead atoms. The molecule has 0 aliphatic carbocycles. The molecule has 0 radical (unpaired) electrons. The fraction of sp³-hybridized carbons (Fsp3) is 0.667. The fourth-order valence-electron chi connectivity index (χ4n) is 2.45. The number of carbonyl (C=O) groups excluding carboxylic acids is 3. The Morgan fingerprint density at radius 3 is 1.89 bits per heavy atom. The lowest BCUT2D eigenvalue weighted by molar-refractivity contribution is -0.193. The van der Waals surface area contributed by atoms with Crippen LogP contribution in [0, 0.1) is 0 Å². The normalized spacial score (nSPS) is 15.4. The lowest BCUT2D eigenvalue weighted by atomic mass is 9.96. The maximum absolute atomic E-state index is 11.6. The van der Waals surface area contributed by atoms with Crippen LogP contribution in [0.15, 0.2) is 12.2 Å². The van der Waals surface area contributed by atoms with Crippen molar-refractivity contribution in [3.63, 3.8) is 0 Å². The van der Waals surface area contributed by atoms with Crippen LogP contribution in [0.1, 0.15) is 53.4 Å². The molecule has 0 saturated carbocycles. The molecule has 0 aromatic carbocycles. The molecule has 0 aliphatic heterocycles. The van der Waals surface area contributed by atoms with E-state index >= 15 is 0 Å². The number of hydrogen-bond acceptors (Lipinski definition) is 8. The van der Waals surface area contributed by atoms with Gasteiger partial charge in [-0.25, -0.2) is 4.79 Å². The van der Waals surface area contributed by atoms with E-state index in [1.165, 1.54) is 13.0 Å². The van der Waals surface area contributed by atoms with Gasteiger partial charge in [0, 0.05) is 26.8 Å². The number of aliphatic hydroxyl groups is 1. The smallest absolute Gasteiger partial charge is 0.327 e. The van der Waals surface area contributed by atoms with Crippen LogP contribution in [0.2, 0.25) is 0 Å². The molecule has 2 N–H and O–H groups in total. The molecule has 0 spiro atoms. The third-order valence-corrected chi connectivity index (χ3v) is 3.47. The number of esters is 3. The number of rotatable bonds is 12. The molecule has 0 heterocycles. The van der Waals surface area contributed by atoms with Gasteiger partial charge in [-0.15, -0.1) is 0 Å². The van der Waals surface area contributed by atoms with Crippen LogP contribution in [-0.4, -0.2) is 58.5 Å². The summed E-state index contributed by atoms with van der Waals surface area (Å²) in [5, 5.41) is 19.1. The molecular weight excluding hydrogens is 360 g/mol. The van der Waals surface area contributed by atoms with Gasteiger partial charge in [0.15, 0.2) is 12.2 Å². The summed E-state index contributed by atoms with van der Waals surface area (Å²) in [6.45, 7) is 5.36. The Morgan fingerprint density at radius 1 is 0.926 bits per heavy atom. The van der Waals surface area contributed by atoms with Gasteiger partial charge in [0.2, 0.25) is 0 Å². The Labute approximate surface area is 158 Å². The van der Waals surface area contributed by atoms with Crippen LogP contribution in [0.4, 0.5) is 0 Å². The van der Waals surface area contributed by atoms with Crippen molar-refractivity contribution in [3.8, 4) is 0 Å². The van der Waals surface area contributed by atoms with E-state index in [1.54, 1.807) is 0 Å². The van der Waals surface area contributed by atoms with Gasteiger partial charge in [-0.3, -0.25) is 14.4 Å². The van der Waals surface area contributed by atoms with Crippen LogP contribution >= 0.6 is 0 Å². The van der Waals surface area contributed by atoms with Crippen LogP contribution in [0.25, 0.3) is 0 Å². The van der Waals surface area contributed by atoms with Crippen molar-refractivity contribution >= 4 is 23.9 Å². The summed E-state index contributed by atoms with van der Waals surface area (Å²) in [6.07, 6.45) is -1.34. The second-order valence-electron chi connectivity index (χ2n) is 5.98. The highest BCUT2D eigenvalue weighted by Crippen LogP contribution is 2.22. The molecule has 0 saturated heterocycles. The Balaban J connectivity index is 5.71. The van der Waals surface area contributed by atoms with Crippen molar-refractivity contribution in [1.29, 1.82) is 0 Å². The van der Waals surface area contributed by atoms with Gasteiger partial charge in [0.05, 0.1) is 6.10 Å². The summed E-state index contributed by atoms with van der Waals surface area (Å²) in [5.74, 6) is -3.27. The minimum atomic E-state index is -1.38. The van der Waals surface area contributed by atoms with Crippen molar-refractivity contribution in [1.82, 2.24) is 0 Å². The Kier molecular flexibility index (Phi) is 11.7. The minimum Gasteiger partial charge on any atom is -0.478 e. The molecule has 0 aromatic rings. The molecule has 0 fully saturated rings. The quantitative estimate of drug-likeness (QED) is 0.288. The number of unbranched alkanes of at least 4 members (excludes halogenated alkanes) is 1. The molecule has 0 rings (SSSR count). The first kappa shape index (κ1) is 24.6.